The van der Waals surface area contributed by atoms with Gasteiger partial charge in [0.1, 0.15) is 0 Å². The molecule has 124 valence electrons. The maximum atomic E-state index is 12.0. The van der Waals surface area contributed by atoms with Gasteiger partial charge in [0.2, 0.25) is 10.0 Å². The third kappa shape index (κ3) is 6.19. The van der Waals surface area contributed by atoms with E-state index in [-0.39, 0.29) is 18.4 Å². The van der Waals surface area contributed by atoms with Crippen LogP contribution in [0.5, 0.6) is 0 Å². The summed E-state index contributed by atoms with van der Waals surface area (Å²) >= 11 is 0. The average molecular weight is 320 g/mol. The fraction of sp³-hybridized carbons (Fsp3) is 0.923. The Balaban J connectivity index is 2.48. The highest BCUT2D eigenvalue weighted by Gasteiger charge is 2.27. The number of piperidine rings is 1. The molecular weight excluding hydrogens is 292 g/mol. The largest absolute Gasteiger partial charge is 0.394 e. The zero-order valence-electron chi connectivity index (χ0n) is 13.0. The predicted molar refractivity (Wildman–Crippen MR) is 84.9 cm³/mol. The number of hydrogen-bond donors (Lipinski definition) is 3. The summed E-state index contributed by atoms with van der Waals surface area (Å²) in [6.45, 7) is 6.10. The van der Waals surface area contributed by atoms with E-state index in [4.69, 9.17) is 5.11 Å². The molecule has 0 atom stereocenters. The van der Waals surface area contributed by atoms with Crippen LogP contribution >= 0.6 is 0 Å². The van der Waals surface area contributed by atoms with Crippen LogP contribution in [-0.4, -0.2) is 68.4 Å². The second kappa shape index (κ2) is 9.22. The van der Waals surface area contributed by atoms with Gasteiger partial charge in [0.15, 0.2) is 5.96 Å². The van der Waals surface area contributed by atoms with Crippen LogP contribution in [0.3, 0.4) is 0 Å². The van der Waals surface area contributed by atoms with E-state index in [2.05, 4.69) is 15.6 Å². The Kier molecular flexibility index (Phi) is 7.98. The lowest BCUT2D eigenvalue weighted by Crippen LogP contribution is -2.50. The molecule has 0 aromatic rings. The van der Waals surface area contributed by atoms with Gasteiger partial charge in [-0.25, -0.2) is 12.7 Å². The number of hydrogen-bond acceptors (Lipinski definition) is 4. The third-order valence-corrected chi connectivity index (χ3v) is 5.44. The predicted octanol–water partition coefficient (Wildman–Crippen LogP) is -0.262. The van der Waals surface area contributed by atoms with E-state index >= 15 is 0 Å². The molecule has 1 saturated heterocycles. The molecule has 3 N–H and O–H groups in total. The van der Waals surface area contributed by atoms with Crippen LogP contribution in [-0.2, 0) is 10.0 Å². The molecule has 1 rings (SSSR count). The van der Waals surface area contributed by atoms with E-state index in [1.165, 1.54) is 0 Å². The van der Waals surface area contributed by atoms with Gasteiger partial charge in [0.25, 0.3) is 0 Å². The average Bonchev–Trinajstić information content (AvgIpc) is 2.45. The summed E-state index contributed by atoms with van der Waals surface area (Å²) in [5.41, 5.74) is 0. The molecular formula is C13H28N4O3S. The van der Waals surface area contributed by atoms with Crippen LogP contribution in [0.1, 0.15) is 33.1 Å². The minimum Gasteiger partial charge on any atom is -0.394 e. The summed E-state index contributed by atoms with van der Waals surface area (Å²) in [6, 6.07) is 0.217. The maximum Gasteiger partial charge on any atom is 0.214 e. The van der Waals surface area contributed by atoms with E-state index in [0.29, 0.717) is 32.0 Å². The zero-order chi connectivity index (χ0) is 15.7. The van der Waals surface area contributed by atoms with Crippen molar-refractivity contribution >= 4 is 16.0 Å². The fourth-order valence-electron chi connectivity index (χ4n) is 2.34. The summed E-state index contributed by atoms with van der Waals surface area (Å²) in [5.74, 6) is 0.910. The normalized spacial score (nSPS) is 18.7. The minimum atomic E-state index is -3.08. The Bertz CT molecular complexity index is 417. The van der Waals surface area contributed by atoms with Crippen LogP contribution in [0.4, 0.5) is 0 Å². The second-order valence-electron chi connectivity index (χ2n) is 5.12. The van der Waals surface area contributed by atoms with Gasteiger partial charge >= 0.3 is 0 Å². The van der Waals surface area contributed by atoms with Gasteiger partial charge in [0, 0.05) is 25.7 Å². The van der Waals surface area contributed by atoms with E-state index in [1.54, 1.807) is 4.31 Å². The molecule has 0 saturated carbocycles. The minimum absolute atomic E-state index is 0.0181. The van der Waals surface area contributed by atoms with Gasteiger partial charge in [0.05, 0.1) is 18.9 Å². The molecule has 1 heterocycles. The number of rotatable bonds is 7. The molecule has 8 heteroatoms. The molecule has 0 bridgehead atoms. The van der Waals surface area contributed by atoms with E-state index in [1.807, 2.05) is 13.8 Å². The fourth-order valence-corrected chi connectivity index (χ4v) is 3.88. The molecule has 0 amide bonds. The molecule has 0 aromatic heterocycles. The quantitative estimate of drug-likeness (QED) is 0.444. The molecule has 1 aliphatic heterocycles. The summed E-state index contributed by atoms with van der Waals surface area (Å²) in [7, 11) is -3.08. The van der Waals surface area contributed by atoms with Crippen molar-refractivity contribution in [2.24, 2.45) is 4.99 Å². The van der Waals surface area contributed by atoms with Crippen molar-refractivity contribution in [2.75, 3.05) is 38.5 Å². The monoisotopic (exact) mass is 320 g/mol. The zero-order valence-corrected chi connectivity index (χ0v) is 13.8. The van der Waals surface area contributed by atoms with E-state index in [0.717, 1.165) is 19.4 Å². The highest BCUT2D eigenvalue weighted by Crippen LogP contribution is 2.15. The highest BCUT2D eigenvalue weighted by molar-refractivity contribution is 7.89. The summed E-state index contributed by atoms with van der Waals surface area (Å²) in [5, 5.41) is 15.3. The van der Waals surface area contributed by atoms with E-state index in [9.17, 15) is 8.42 Å². The van der Waals surface area contributed by atoms with Gasteiger partial charge in [-0.1, -0.05) is 6.92 Å². The van der Waals surface area contributed by atoms with Crippen LogP contribution in [0, 0.1) is 0 Å². The molecule has 7 nitrogen and oxygen atoms in total. The number of sulfonamides is 1. The smallest absolute Gasteiger partial charge is 0.214 e. The lowest BCUT2D eigenvalue weighted by Gasteiger charge is -2.32. The van der Waals surface area contributed by atoms with Crippen molar-refractivity contribution in [3.63, 3.8) is 0 Å². The van der Waals surface area contributed by atoms with Gasteiger partial charge in [-0.3, -0.25) is 4.99 Å². The Hall–Kier alpha value is -0.860. The van der Waals surface area contributed by atoms with Crippen molar-refractivity contribution in [2.45, 2.75) is 39.2 Å². The maximum absolute atomic E-state index is 12.0. The first-order chi connectivity index (χ1) is 10.0. The Morgan fingerprint density at radius 1 is 1.33 bits per heavy atom. The topological polar surface area (TPSA) is 94.0 Å². The highest BCUT2D eigenvalue weighted by atomic mass is 32.2. The number of nitrogens with zero attached hydrogens (tertiary/aromatic N) is 2. The molecule has 0 aromatic carbocycles. The lowest BCUT2D eigenvalue weighted by molar-refractivity contribution is 0.301. The Morgan fingerprint density at radius 2 is 2.00 bits per heavy atom. The standard InChI is InChI=1S/C13H28N4O3S/c1-3-11-21(19,20)17-8-5-12(6-9-17)16-13(14-4-2)15-7-10-18/h12,18H,3-11H2,1-2H3,(H2,14,15,16). The molecule has 0 unspecified atom stereocenters. The number of nitrogens with one attached hydrogen (secondary N) is 2. The van der Waals surface area contributed by atoms with Crippen LogP contribution in [0.2, 0.25) is 0 Å². The lowest BCUT2D eigenvalue weighted by atomic mass is 10.1. The first kappa shape index (κ1) is 18.2. The molecule has 0 radical (unpaired) electrons. The van der Waals surface area contributed by atoms with E-state index < -0.39 is 10.0 Å². The molecule has 21 heavy (non-hydrogen) atoms. The van der Waals surface area contributed by atoms with Crippen molar-refractivity contribution in [3.8, 4) is 0 Å². The van der Waals surface area contributed by atoms with Crippen LogP contribution < -0.4 is 10.6 Å². The SMILES string of the molecule is CCCS(=O)(=O)N1CCC(NC(=NCCO)NCC)CC1. The summed E-state index contributed by atoms with van der Waals surface area (Å²) in [6.07, 6.45) is 2.19. The van der Waals surface area contributed by atoms with Crippen molar-refractivity contribution in [1.82, 2.24) is 14.9 Å². The molecule has 0 spiro atoms. The van der Waals surface area contributed by atoms with Crippen molar-refractivity contribution < 1.29 is 13.5 Å². The second-order valence-corrected chi connectivity index (χ2v) is 7.21. The number of aliphatic hydroxyl groups excluding tert-OH is 1. The number of guanidine groups is 1. The van der Waals surface area contributed by atoms with Crippen molar-refractivity contribution in [3.05, 3.63) is 0 Å². The first-order valence-corrected chi connectivity index (χ1v) is 9.28. The third-order valence-electron chi connectivity index (χ3n) is 3.36. The molecule has 1 aliphatic rings. The Labute approximate surface area is 127 Å². The van der Waals surface area contributed by atoms with Gasteiger partial charge < -0.3 is 15.7 Å². The van der Waals surface area contributed by atoms with Gasteiger partial charge in [-0.15, -0.1) is 0 Å². The Morgan fingerprint density at radius 3 is 2.52 bits per heavy atom. The molecule has 1 fully saturated rings. The van der Waals surface area contributed by atoms with Crippen molar-refractivity contribution in [1.29, 1.82) is 0 Å². The summed E-state index contributed by atoms with van der Waals surface area (Å²) in [4.78, 5) is 4.24. The summed E-state index contributed by atoms with van der Waals surface area (Å²) < 4.78 is 25.6. The molecule has 0 aliphatic carbocycles. The number of aliphatic hydroxyl groups is 1. The first-order valence-electron chi connectivity index (χ1n) is 7.67. The van der Waals surface area contributed by atoms with Crippen LogP contribution in [0.25, 0.3) is 0 Å². The van der Waals surface area contributed by atoms with Crippen LogP contribution in [0.15, 0.2) is 4.99 Å². The number of aliphatic imine (C=N–C) groups is 1. The van der Waals surface area contributed by atoms with Gasteiger partial charge in [-0.2, -0.15) is 0 Å². The van der Waals surface area contributed by atoms with Gasteiger partial charge in [-0.05, 0) is 26.2 Å².